The van der Waals surface area contributed by atoms with Crippen LogP contribution in [0.2, 0.25) is 0 Å². The van der Waals surface area contributed by atoms with E-state index in [0.29, 0.717) is 12.2 Å². The van der Waals surface area contributed by atoms with E-state index >= 15 is 0 Å². The van der Waals surface area contributed by atoms with Crippen molar-refractivity contribution in [1.82, 2.24) is 0 Å². The van der Waals surface area contributed by atoms with Crippen molar-refractivity contribution in [2.45, 2.75) is 46.1 Å². The average molecular weight is 296 g/mol. The second-order valence-electron chi connectivity index (χ2n) is 5.55. The number of aryl methyl sites for hydroxylation is 2. The second kappa shape index (κ2) is 8.38. The molecule has 0 heterocycles. The van der Waals surface area contributed by atoms with Crippen LogP contribution in [0.25, 0.3) is 0 Å². The molecular weight excluding hydrogens is 272 g/mol. The Hall–Kier alpha value is -2.09. The molecule has 0 saturated carbocycles. The molecule has 2 nitrogen and oxygen atoms in total. The molecule has 0 amide bonds. The number of carbonyl (C=O) groups excluding carboxylic acids is 1. The minimum atomic E-state index is 0.432. The quantitative estimate of drug-likeness (QED) is 0.642. The Morgan fingerprint density at radius 3 is 2.45 bits per heavy atom. The summed E-state index contributed by atoms with van der Waals surface area (Å²) in [6, 6.07) is 14.1. The molecule has 0 N–H and O–H groups in total. The van der Waals surface area contributed by atoms with E-state index in [0.717, 1.165) is 43.3 Å². The van der Waals surface area contributed by atoms with E-state index < -0.39 is 0 Å². The smallest absolute Gasteiger partial charge is 0.150 e. The van der Waals surface area contributed by atoms with Gasteiger partial charge in [-0.1, -0.05) is 63.1 Å². The molecule has 0 fully saturated rings. The molecule has 0 saturated heterocycles. The summed E-state index contributed by atoms with van der Waals surface area (Å²) in [7, 11) is 0. The molecule has 0 bridgehead atoms. The second-order valence-corrected chi connectivity index (χ2v) is 5.55. The summed E-state index contributed by atoms with van der Waals surface area (Å²) in [6.45, 7) is 4.79. The first-order valence-electron chi connectivity index (χ1n) is 8.06. The third-order valence-corrected chi connectivity index (χ3v) is 3.75. The lowest BCUT2D eigenvalue weighted by Gasteiger charge is -2.14. The van der Waals surface area contributed by atoms with Gasteiger partial charge in [0.15, 0.2) is 0 Å². The average Bonchev–Trinajstić information content (AvgIpc) is 2.55. The number of benzene rings is 2. The van der Waals surface area contributed by atoms with E-state index in [4.69, 9.17) is 4.74 Å². The Morgan fingerprint density at radius 1 is 0.955 bits per heavy atom. The van der Waals surface area contributed by atoms with Crippen molar-refractivity contribution in [1.29, 1.82) is 0 Å². The summed E-state index contributed by atoms with van der Waals surface area (Å²) in [5.41, 5.74) is 4.18. The minimum Gasteiger partial charge on any atom is -0.489 e. The summed E-state index contributed by atoms with van der Waals surface area (Å²) in [6.07, 6.45) is 5.18. The highest BCUT2D eigenvalue weighted by atomic mass is 16.5. The van der Waals surface area contributed by atoms with Gasteiger partial charge < -0.3 is 4.74 Å². The van der Waals surface area contributed by atoms with Crippen LogP contribution in [-0.4, -0.2) is 6.29 Å². The van der Waals surface area contributed by atoms with Crippen molar-refractivity contribution < 1.29 is 9.53 Å². The van der Waals surface area contributed by atoms with Gasteiger partial charge in [0, 0.05) is 5.56 Å². The van der Waals surface area contributed by atoms with Gasteiger partial charge in [-0.05, 0) is 35.6 Å². The van der Waals surface area contributed by atoms with Crippen LogP contribution in [0.4, 0.5) is 0 Å². The standard InChI is InChI=1S/C20H24O2/c1-3-7-16-11-12-17(8-4-2)20(13-16)22-15-19-10-6-5-9-18(19)14-21/h5-6,9-14H,3-4,7-8,15H2,1-2H3. The number of hydrogen-bond donors (Lipinski definition) is 0. The normalized spacial score (nSPS) is 10.5. The van der Waals surface area contributed by atoms with Crippen LogP contribution >= 0.6 is 0 Å². The molecule has 0 aliphatic carbocycles. The van der Waals surface area contributed by atoms with E-state index in [2.05, 4.69) is 32.0 Å². The molecule has 0 spiro atoms. The number of hydrogen-bond acceptors (Lipinski definition) is 2. The van der Waals surface area contributed by atoms with Crippen LogP contribution in [0.1, 0.15) is 53.7 Å². The minimum absolute atomic E-state index is 0.432. The van der Waals surface area contributed by atoms with Crippen LogP contribution in [-0.2, 0) is 19.4 Å². The first-order valence-corrected chi connectivity index (χ1v) is 8.06. The summed E-state index contributed by atoms with van der Waals surface area (Å²) < 4.78 is 6.05. The molecule has 0 unspecified atom stereocenters. The predicted molar refractivity (Wildman–Crippen MR) is 90.6 cm³/mol. The van der Waals surface area contributed by atoms with Gasteiger partial charge in [-0.25, -0.2) is 0 Å². The fraction of sp³-hybridized carbons (Fsp3) is 0.350. The fourth-order valence-corrected chi connectivity index (χ4v) is 2.59. The van der Waals surface area contributed by atoms with Crippen LogP contribution in [0.5, 0.6) is 5.75 Å². The van der Waals surface area contributed by atoms with Gasteiger partial charge in [0.1, 0.15) is 18.6 Å². The van der Waals surface area contributed by atoms with Gasteiger partial charge >= 0.3 is 0 Å². The Kier molecular flexibility index (Phi) is 6.20. The molecule has 2 aromatic carbocycles. The van der Waals surface area contributed by atoms with Gasteiger partial charge in [-0.2, -0.15) is 0 Å². The lowest BCUT2D eigenvalue weighted by Crippen LogP contribution is -2.02. The largest absolute Gasteiger partial charge is 0.489 e. The zero-order valence-corrected chi connectivity index (χ0v) is 13.5. The maximum Gasteiger partial charge on any atom is 0.150 e. The van der Waals surface area contributed by atoms with Gasteiger partial charge in [-0.15, -0.1) is 0 Å². The van der Waals surface area contributed by atoms with Crippen LogP contribution in [0, 0.1) is 0 Å². The van der Waals surface area contributed by atoms with Gasteiger partial charge in [0.25, 0.3) is 0 Å². The zero-order valence-electron chi connectivity index (χ0n) is 13.5. The molecule has 0 aliphatic heterocycles. The number of aldehydes is 1. The van der Waals surface area contributed by atoms with Crippen LogP contribution in [0.3, 0.4) is 0 Å². The van der Waals surface area contributed by atoms with Gasteiger partial charge in [0.2, 0.25) is 0 Å². The molecule has 0 aliphatic rings. The first kappa shape index (κ1) is 16.3. The monoisotopic (exact) mass is 296 g/mol. The Labute approximate surface area is 133 Å². The zero-order chi connectivity index (χ0) is 15.8. The molecule has 2 rings (SSSR count). The first-order chi connectivity index (χ1) is 10.8. The van der Waals surface area contributed by atoms with Crippen LogP contribution in [0.15, 0.2) is 42.5 Å². The van der Waals surface area contributed by atoms with Crippen molar-refractivity contribution in [3.63, 3.8) is 0 Å². The number of ether oxygens (including phenoxy) is 1. The maximum absolute atomic E-state index is 11.1. The maximum atomic E-state index is 11.1. The predicted octanol–water partition coefficient (Wildman–Crippen LogP) is 4.98. The topological polar surface area (TPSA) is 26.3 Å². The summed E-state index contributed by atoms with van der Waals surface area (Å²) in [5, 5.41) is 0. The van der Waals surface area contributed by atoms with E-state index in [1.54, 1.807) is 0 Å². The van der Waals surface area contributed by atoms with E-state index in [9.17, 15) is 4.79 Å². The van der Waals surface area contributed by atoms with E-state index in [1.807, 2.05) is 24.3 Å². The summed E-state index contributed by atoms with van der Waals surface area (Å²) in [4.78, 5) is 11.1. The van der Waals surface area contributed by atoms with Gasteiger partial charge in [-0.3, -0.25) is 4.79 Å². The molecule has 0 atom stereocenters. The Morgan fingerprint density at radius 2 is 1.73 bits per heavy atom. The molecular formula is C20H24O2. The van der Waals surface area contributed by atoms with Crippen molar-refractivity contribution in [3.8, 4) is 5.75 Å². The van der Waals surface area contributed by atoms with Crippen molar-refractivity contribution in [3.05, 3.63) is 64.7 Å². The third-order valence-electron chi connectivity index (χ3n) is 3.75. The third kappa shape index (κ3) is 4.20. The molecule has 116 valence electrons. The highest BCUT2D eigenvalue weighted by Gasteiger charge is 2.07. The van der Waals surface area contributed by atoms with E-state index in [-0.39, 0.29) is 0 Å². The Bertz CT molecular complexity index is 617. The highest BCUT2D eigenvalue weighted by Crippen LogP contribution is 2.24. The summed E-state index contributed by atoms with van der Waals surface area (Å²) >= 11 is 0. The number of rotatable bonds is 8. The molecule has 0 radical (unpaired) electrons. The SMILES string of the molecule is CCCc1ccc(CCC)c(OCc2ccccc2C=O)c1. The molecule has 22 heavy (non-hydrogen) atoms. The lowest BCUT2D eigenvalue weighted by molar-refractivity contribution is 0.112. The van der Waals surface area contributed by atoms with Crippen molar-refractivity contribution >= 4 is 6.29 Å². The summed E-state index contributed by atoms with van der Waals surface area (Å²) in [5.74, 6) is 0.952. The van der Waals surface area contributed by atoms with E-state index in [1.165, 1.54) is 11.1 Å². The molecule has 2 heteroatoms. The lowest BCUT2D eigenvalue weighted by atomic mass is 10.0. The van der Waals surface area contributed by atoms with Crippen LogP contribution < -0.4 is 4.74 Å². The van der Waals surface area contributed by atoms with Crippen molar-refractivity contribution in [2.75, 3.05) is 0 Å². The fourth-order valence-electron chi connectivity index (χ4n) is 2.59. The highest BCUT2D eigenvalue weighted by molar-refractivity contribution is 5.77. The number of carbonyl (C=O) groups is 1. The molecule has 0 aromatic heterocycles. The Balaban J connectivity index is 2.19. The molecule has 2 aromatic rings. The van der Waals surface area contributed by atoms with Gasteiger partial charge in [0.05, 0.1) is 0 Å². The van der Waals surface area contributed by atoms with Crippen molar-refractivity contribution in [2.24, 2.45) is 0 Å².